The Labute approximate surface area is 106 Å². The molecule has 0 aromatic heterocycles. The lowest BCUT2D eigenvalue weighted by molar-refractivity contribution is 0.676. The van der Waals surface area contributed by atoms with E-state index in [0.29, 0.717) is 5.92 Å². The fourth-order valence-electron chi connectivity index (χ4n) is 2.16. The predicted octanol–water partition coefficient (Wildman–Crippen LogP) is 0.501. The summed E-state index contributed by atoms with van der Waals surface area (Å²) in [6, 6.07) is 5.95. The Balaban J connectivity index is 0.00000108. The molecule has 0 radical (unpaired) electrons. The Hall–Kier alpha value is -1.74. The van der Waals surface area contributed by atoms with E-state index in [-0.39, 0.29) is 18.4 Å². The average Bonchev–Trinajstić information content (AvgIpc) is 2.26. The van der Waals surface area contributed by atoms with Gasteiger partial charge in [-0.2, -0.15) is 0 Å². The zero-order chi connectivity index (χ0) is 11.1. The minimum absolute atomic E-state index is 0. The third kappa shape index (κ3) is 2.06. The van der Waals surface area contributed by atoms with E-state index in [1.807, 2.05) is 30.4 Å². The maximum Gasteiger partial charge on any atom is 0.0807 e. The predicted molar refractivity (Wildman–Crippen MR) is 72.0 cm³/mol. The van der Waals surface area contributed by atoms with Crippen LogP contribution in [0.2, 0.25) is 0 Å². The van der Waals surface area contributed by atoms with E-state index >= 15 is 0 Å². The smallest absolute Gasteiger partial charge is 0.0807 e. The van der Waals surface area contributed by atoms with Crippen molar-refractivity contribution in [2.24, 2.45) is 16.6 Å². The molecule has 4 heteroatoms. The summed E-state index contributed by atoms with van der Waals surface area (Å²) in [5.41, 5.74) is 13.0. The number of nitrogens with zero attached hydrogens (tertiary/aromatic N) is 1. The number of halogens is 1. The van der Waals surface area contributed by atoms with Crippen LogP contribution >= 0.6 is 12.4 Å². The molecule has 17 heavy (non-hydrogen) atoms. The molecule has 2 unspecified atom stereocenters. The minimum atomic E-state index is 0. The fourth-order valence-corrected chi connectivity index (χ4v) is 2.16. The number of anilines is 1. The number of rotatable bonds is 0. The third-order valence-electron chi connectivity index (χ3n) is 2.98. The van der Waals surface area contributed by atoms with Crippen molar-refractivity contribution < 1.29 is 0 Å². The highest BCUT2D eigenvalue weighted by molar-refractivity contribution is 5.85. The first-order chi connectivity index (χ1) is 7.72. The first-order valence-electron chi connectivity index (χ1n) is 5.33. The van der Waals surface area contributed by atoms with Gasteiger partial charge >= 0.3 is 0 Å². The van der Waals surface area contributed by atoms with Crippen LogP contribution in [0.4, 0.5) is 5.69 Å². The zero-order valence-corrected chi connectivity index (χ0v) is 10.0. The van der Waals surface area contributed by atoms with Gasteiger partial charge in [-0.05, 0) is 29.5 Å². The number of hydrogen-bond donors (Lipinski definition) is 2. The van der Waals surface area contributed by atoms with Gasteiger partial charge in [0.05, 0.1) is 11.4 Å². The summed E-state index contributed by atoms with van der Waals surface area (Å²) < 4.78 is 0. The molecule has 3 nitrogen and oxygen atoms in total. The number of benzene rings is 1. The molecule has 0 amide bonds. The number of allylic oxidation sites excluding steroid dienone is 1. The molecule has 0 bridgehead atoms. The molecule has 0 fully saturated rings. The van der Waals surface area contributed by atoms with Crippen molar-refractivity contribution in [2.45, 2.75) is 6.04 Å². The van der Waals surface area contributed by atoms with Crippen molar-refractivity contribution >= 4 is 24.2 Å². The van der Waals surface area contributed by atoms with Crippen LogP contribution in [0.3, 0.4) is 0 Å². The van der Waals surface area contributed by atoms with Crippen LogP contribution in [-0.2, 0) is 0 Å². The van der Waals surface area contributed by atoms with Crippen LogP contribution in [0.15, 0.2) is 47.1 Å². The molecule has 1 aliphatic heterocycles. The molecule has 1 aromatic rings. The number of hydrogen-bond acceptors (Lipinski definition) is 3. The highest BCUT2D eigenvalue weighted by atomic mass is 35.5. The molecule has 4 N–H and O–H groups in total. The van der Waals surface area contributed by atoms with Gasteiger partial charge in [0.25, 0.3) is 0 Å². The van der Waals surface area contributed by atoms with Gasteiger partial charge in [0.1, 0.15) is 0 Å². The molecule has 0 saturated heterocycles. The number of nitrogens with two attached hydrogens (primary N) is 2. The molecular weight excluding hydrogens is 234 g/mol. The summed E-state index contributed by atoms with van der Waals surface area (Å²) in [7, 11) is 0. The van der Waals surface area contributed by atoms with Gasteiger partial charge in [-0.25, -0.2) is 0 Å². The Morgan fingerprint density at radius 2 is 1.94 bits per heavy atom. The van der Waals surface area contributed by atoms with Gasteiger partial charge in [-0.3, -0.25) is 4.99 Å². The van der Waals surface area contributed by atoms with Gasteiger partial charge in [-0.1, -0.05) is 18.2 Å². The van der Waals surface area contributed by atoms with E-state index in [2.05, 4.69) is 17.1 Å². The minimum Gasteiger partial charge on any atom is -0.399 e. The molecule has 1 aromatic carbocycles. The third-order valence-corrected chi connectivity index (χ3v) is 2.98. The topological polar surface area (TPSA) is 64.4 Å². The van der Waals surface area contributed by atoms with Crippen LogP contribution in [0, 0.1) is 5.92 Å². The van der Waals surface area contributed by atoms with Crippen LogP contribution in [0.25, 0.3) is 6.08 Å². The summed E-state index contributed by atoms with van der Waals surface area (Å²) in [6.07, 6.45) is 8.25. The molecule has 3 rings (SSSR count). The van der Waals surface area contributed by atoms with E-state index in [4.69, 9.17) is 11.5 Å². The van der Waals surface area contributed by atoms with Gasteiger partial charge < -0.3 is 11.5 Å². The van der Waals surface area contributed by atoms with Crippen LogP contribution in [0.5, 0.6) is 0 Å². The first kappa shape index (κ1) is 11.7. The first-order valence-corrected chi connectivity index (χ1v) is 5.33. The maximum atomic E-state index is 5.77. The highest BCUT2D eigenvalue weighted by Gasteiger charge is 2.19. The zero-order valence-electron chi connectivity index (χ0n) is 9.21. The largest absolute Gasteiger partial charge is 0.399 e. The molecule has 88 valence electrons. The lowest BCUT2D eigenvalue weighted by atomic mass is 9.91. The normalized spacial score (nSPS) is 24.4. The van der Waals surface area contributed by atoms with E-state index in [1.165, 1.54) is 0 Å². The molecule has 1 heterocycles. The lowest BCUT2D eigenvalue weighted by Crippen LogP contribution is -2.35. The van der Waals surface area contributed by atoms with E-state index in [1.54, 1.807) is 0 Å². The average molecular weight is 248 g/mol. The van der Waals surface area contributed by atoms with Gasteiger partial charge in [0, 0.05) is 17.3 Å². The summed E-state index contributed by atoms with van der Waals surface area (Å²) in [5.74, 6) is 0.323. The van der Waals surface area contributed by atoms with Crippen molar-refractivity contribution in [1.29, 1.82) is 0 Å². The Kier molecular flexibility index (Phi) is 2.94. The van der Waals surface area contributed by atoms with Crippen molar-refractivity contribution in [3.63, 3.8) is 0 Å². The Morgan fingerprint density at radius 1 is 1.12 bits per heavy atom. The maximum absolute atomic E-state index is 5.77. The number of fused-ring (bicyclic) bond motifs is 2. The quantitative estimate of drug-likeness (QED) is 0.656. The number of nitrogen functional groups attached to an aromatic ring is 1. The second-order valence-electron chi connectivity index (χ2n) is 4.21. The van der Waals surface area contributed by atoms with Crippen molar-refractivity contribution in [2.75, 3.05) is 5.73 Å². The summed E-state index contributed by atoms with van der Waals surface area (Å²) in [4.78, 5) is 4.66. The van der Waals surface area contributed by atoms with Gasteiger partial charge in [0.2, 0.25) is 0 Å². The Morgan fingerprint density at radius 3 is 2.76 bits per heavy atom. The van der Waals surface area contributed by atoms with Crippen LogP contribution in [0.1, 0.15) is 0 Å². The lowest BCUT2D eigenvalue weighted by Gasteiger charge is -2.21. The summed E-state index contributed by atoms with van der Waals surface area (Å²) in [6.45, 7) is 0. The van der Waals surface area contributed by atoms with Gasteiger partial charge in [-0.15, -0.1) is 12.4 Å². The standard InChI is InChI=1S/C13H13N3.ClH/c14-10-3-1-8-5-9-2-4-11(15)7-13(9)16-12(8)6-10;/h1-8,12H,14-15H2;1H. The SMILES string of the molecule is Cl.NC1=CC2N=c3cc(N)ccc3=CC2C=C1. The van der Waals surface area contributed by atoms with Crippen molar-refractivity contribution in [3.05, 3.63) is 52.7 Å². The molecule has 0 saturated carbocycles. The second kappa shape index (κ2) is 4.26. The molecular formula is C13H14ClN3. The van der Waals surface area contributed by atoms with E-state index < -0.39 is 0 Å². The van der Waals surface area contributed by atoms with Crippen LogP contribution < -0.4 is 22.0 Å². The van der Waals surface area contributed by atoms with Gasteiger partial charge in [0.15, 0.2) is 0 Å². The van der Waals surface area contributed by atoms with Crippen LogP contribution in [-0.4, -0.2) is 6.04 Å². The molecule has 2 atom stereocenters. The fraction of sp³-hybridized carbons (Fsp3) is 0.154. The summed E-state index contributed by atoms with van der Waals surface area (Å²) >= 11 is 0. The Bertz CT molecular complexity index is 616. The summed E-state index contributed by atoms with van der Waals surface area (Å²) in [5, 5.41) is 2.11. The van der Waals surface area contributed by atoms with Crippen molar-refractivity contribution in [1.82, 2.24) is 0 Å². The second-order valence-corrected chi connectivity index (χ2v) is 4.21. The highest BCUT2D eigenvalue weighted by Crippen LogP contribution is 2.20. The molecule has 1 aliphatic carbocycles. The molecule has 2 aliphatic rings. The van der Waals surface area contributed by atoms with E-state index in [9.17, 15) is 0 Å². The monoisotopic (exact) mass is 247 g/mol. The van der Waals surface area contributed by atoms with Crippen molar-refractivity contribution in [3.8, 4) is 0 Å². The molecule has 0 spiro atoms. The van der Waals surface area contributed by atoms with E-state index in [0.717, 1.165) is 22.0 Å².